The van der Waals surface area contributed by atoms with Gasteiger partial charge in [0.1, 0.15) is 22.5 Å². The Balaban J connectivity index is 1.71. The van der Waals surface area contributed by atoms with E-state index in [1.807, 2.05) is 0 Å². The highest BCUT2D eigenvalue weighted by atomic mass is 32.1. The van der Waals surface area contributed by atoms with E-state index in [0.29, 0.717) is 22.3 Å². The van der Waals surface area contributed by atoms with E-state index < -0.39 is 29.6 Å². The van der Waals surface area contributed by atoms with Crippen molar-refractivity contribution in [3.05, 3.63) is 76.6 Å². The summed E-state index contributed by atoms with van der Waals surface area (Å²) in [4.78, 5) is 27.9. The molecule has 5 nitrogen and oxygen atoms in total. The van der Waals surface area contributed by atoms with E-state index >= 15 is 0 Å². The van der Waals surface area contributed by atoms with Crippen molar-refractivity contribution in [2.24, 2.45) is 0 Å². The first-order chi connectivity index (χ1) is 13.3. The molecule has 2 aromatic carbocycles. The highest BCUT2D eigenvalue weighted by Gasteiger charge is 2.25. The zero-order valence-electron chi connectivity index (χ0n) is 14.2. The molecule has 9 heteroatoms. The molecule has 2 N–H and O–H groups in total. The Morgan fingerprint density at radius 2 is 1.75 bits per heavy atom. The number of hydrogen-bond donors (Lipinski definition) is 2. The highest BCUT2D eigenvalue weighted by Crippen LogP contribution is 2.24. The molecule has 1 amide bonds. The third-order valence-corrected chi connectivity index (χ3v) is 4.75. The number of thiazole rings is 1. The second-order valence-electron chi connectivity index (χ2n) is 5.83. The molecule has 0 saturated heterocycles. The van der Waals surface area contributed by atoms with Crippen molar-refractivity contribution in [2.75, 3.05) is 0 Å². The number of halogens is 3. The lowest BCUT2D eigenvalue weighted by molar-refractivity contribution is -0.142. The van der Waals surface area contributed by atoms with Crippen LogP contribution in [0.2, 0.25) is 0 Å². The average molecular weight is 406 g/mol. The Hall–Kier alpha value is -3.20. The SMILES string of the molecule is O=C(Cc1csc(-c2ccc(F)cc2)n1)NC(C(=O)O)c1ccc(F)cc1F. The normalized spacial score (nSPS) is 11.8. The first-order valence-electron chi connectivity index (χ1n) is 8.01. The van der Waals surface area contributed by atoms with E-state index in [9.17, 15) is 27.9 Å². The van der Waals surface area contributed by atoms with Gasteiger partial charge in [0.05, 0.1) is 12.1 Å². The van der Waals surface area contributed by atoms with Gasteiger partial charge in [-0.25, -0.2) is 22.9 Å². The number of hydrogen-bond acceptors (Lipinski definition) is 4. The minimum atomic E-state index is -1.66. The quantitative estimate of drug-likeness (QED) is 0.654. The molecule has 3 aromatic rings. The van der Waals surface area contributed by atoms with Gasteiger partial charge in [0.25, 0.3) is 0 Å². The zero-order chi connectivity index (χ0) is 20.3. The smallest absolute Gasteiger partial charge is 0.331 e. The summed E-state index contributed by atoms with van der Waals surface area (Å²) in [5.74, 6) is -4.48. The Morgan fingerprint density at radius 3 is 2.39 bits per heavy atom. The lowest BCUT2D eigenvalue weighted by Gasteiger charge is -2.15. The summed E-state index contributed by atoms with van der Waals surface area (Å²) in [5.41, 5.74) is 0.702. The van der Waals surface area contributed by atoms with Crippen LogP contribution in [-0.4, -0.2) is 22.0 Å². The monoisotopic (exact) mass is 406 g/mol. The Labute approximate surface area is 161 Å². The summed E-state index contributed by atoms with van der Waals surface area (Å²) in [7, 11) is 0. The summed E-state index contributed by atoms with van der Waals surface area (Å²) in [6.45, 7) is 0. The lowest BCUT2D eigenvalue weighted by atomic mass is 10.1. The summed E-state index contributed by atoms with van der Waals surface area (Å²) in [5, 5.41) is 13.7. The van der Waals surface area contributed by atoms with Gasteiger partial charge in [-0.2, -0.15) is 0 Å². The summed E-state index contributed by atoms with van der Waals surface area (Å²) < 4.78 is 39.9. The molecule has 3 rings (SSSR count). The van der Waals surface area contributed by atoms with Gasteiger partial charge in [0.15, 0.2) is 6.04 Å². The van der Waals surface area contributed by atoms with Gasteiger partial charge in [0, 0.05) is 22.6 Å². The van der Waals surface area contributed by atoms with E-state index in [1.165, 1.54) is 23.5 Å². The number of carbonyl (C=O) groups is 2. The van der Waals surface area contributed by atoms with E-state index in [2.05, 4.69) is 10.3 Å². The molecule has 0 aliphatic rings. The standard InChI is InChI=1S/C19H13F3N2O3S/c20-11-3-1-10(2-4-11)18-23-13(9-28-18)8-16(25)24-17(19(26)27)14-6-5-12(21)7-15(14)22/h1-7,9,17H,8H2,(H,24,25)(H,26,27). The number of aromatic nitrogens is 1. The molecule has 0 aliphatic carbocycles. The van der Waals surface area contributed by atoms with Crippen molar-refractivity contribution < 1.29 is 27.9 Å². The van der Waals surface area contributed by atoms with Crippen LogP contribution in [0.3, 0.4) is 0 Å². The van der Waals surface area contributed by atoms with Crippen LogP contribution in [0.1, 0.15) is 17.3 Å². The average Bonchev–Trinajstić information content (AvgIpc) is 3.09. The number of benzene rings is 2. The van der Waals surface area contributed by atoms with Crippen molar-refractivity contribution in [1.29, 1.82) is 0 Å². The number of rotatable bonds is 6. The van der Waals surface area contributed by atoms with Gasteiger partial charge in [-0.1, -0.05) is 6.07 Å². The van der Waals surface area contributed by atoms with Crippen molar-refractivity contribution in [1.82, 2.24) is 10.3 Å². The van der Waals surface area contributed by atoms with Crippen LogP contribution >= 0.6 is 11.3 Å². The van der Waals surface area contributed by atoms with Gasteiger partial charge in [-0.05, 0) is 30.3 Å². The van der Waals surface area contributed by atoms with E-state index in [0.717, 1.165) is 12.1 Å². The van der Waals surface area contributed by atoms with E-state index in [4.69, 9.17) is 0 Å². The molecule has 1 atom stereocenters. The molecule has 1 unspecified atom stereocenters. The van der Waals surface area contributed by atoms with Gasteiger partial charge >= 0.3 is 5.97 Å². The maximum atomic E-state index is 13.9. The predicted octanol–water partition coefficient (Wildman–Crippen LogP) is 3.71. The predicted molar refractivity (Wildman–Crippen MR) is 96.1 cm³/mol. The van der Waals surface area contributed by atoms with Crippen LogP contribution in [0.25, 0.3) is 10.6 Å². The molecule has 28 heavy (non-hydrogen) atoms. The summed E-state index contributed by atoms with van der Waals surface area (Å²) in [6, 6.07) is 6.45. The molecule has 144 valence electrons. The van der Waals surface area contributed by atoms with Crippen LogP contribution in [-0.2, 0) is 16.0 Å². The fraction of sp³-hybridized carbons (Fsp3) is 0.105. The molecule has 0 fully saturated rings. The summed E-state index contributed by atoms with van der Waals surface area (Å²) in [6.07, 6.45) is -0.232. The fourth-order valence-electron chi connectivity index (χ4n) is 2.50. The maximum absolute atomic E-state index is 13.9. The Kier molecular flexibility index (Phi) is 5.74. The Morgan fingerprint density at radius 1 is 1.07 bits per heavy atom. The first kappa shape index (κ1) is 19.6. The fourth-order valence-corrected chi connectivity index (χ4v) is 3.32. The zero-order valence-corrected chi connectivity index (χ0v) is 15.0. The molecule has 0 radical (unpaired) electrons. The maximum Gasteiger partial charge on any atom is 0.331 e. The topological polar surface area (TPSA) is 79.3 Å². The number of amides is 1. The third kappa shape index (κ3) is 4.55. The van der Waals surface area contributed by atoms with Crippen molar-refractivity contribution in [3.63, 3.8) is 0 Å². The summed E-state index contributed by atoms with van der Waals surface area (Å²) >= 11 is 1.24. The number of carboxylic acids is 1. The lowest BCUT2D eigenvalue weighted by Crippen LogP contribution is -2.35. The first-order valence-corrected chi connectivity index (χ1v) is 8.89. The van der Waals surface area contributed by atoms with Crippen LogP contribution < -0.4 is 5.32 Å². The number of nitrogens with one attached hydrogen (secondary N) is 1. The largest absolute Gasteiger partial charge is 0.479 e. The van der Waals surface area contributed by atoms with Crippen LogP contribution in [0.15, 0.2) is 47.8 Å². The minimum absolute atomic E-state index is 0.232. The molecule has 1 aromatic heterocycles. The van der Waals surface area contributed by atoms with Gasteiger partial charge in [0.2, 0.25) is 5.91 Å². The molecule has 0 spiro atoms. The second kappa shape index (κ2) is 8.22. The van der Waals surface area contributed by atoms with Crippen molar-refractivity contribution >= 4 is 23.2 Å². The Bertz CT molecular complexity index is 1020. The van der Waals surface area contributed by atoms with Gasteiger partial charge in [-0.3, -0.25) is 4.79 Å². The van der Waals surface area contributed by atoms with Crippen LogP contribution in [0.4, 0.5) is 13.2 Å². The molecular weight excluding hydrogens is 393 g/mol. The highest BCUT2D eigenvalue weighted by molar-refractivity contribution is 7.13. The number of nitrogens with zero attached hydrogens (tertiary/aromatic N) is 1. The van der Waals surface area contributed by atoms with Gasteiger partial charge in [-0.15, -0.1) is 11.3 Å². The molecular formula is C19H13F3N2O3S. The van der Waals surface area contributed by atoms with Crippen LogP contribution in [0, 0.1) is 17.5 Å². The van der Waals surface area contributed by atoms with E-state index in [-0.39, 0.29) is 17.8 Å². The molecule has 1 heterocycles. The van der Waals surface area contributed by atoms with Crippen molar-refractivity contribution in [3.8, 4) is 10.6 Å². The van der Waals surface area contributed by atoms with Crippen molar-refractivity contribution in [2.45, 2.75) is 12.5 Å². The number of carbonyl (C=O) groups excluding carboxylic acids is 1. The minimum Gasteiger partial charge on any atom is -0.479 e. The van der Waals surface area contributed by atoms with Crippen LogP contribution in [0.5, 0.6) is 0 Å². The molecule has 0 saturated carbocycles. The third-order valence-electron chi connectivity index (χ3n) is 3.81. The second-order valence-corrected chi connectivity index (χ2v) is 6.69. The molecule has 0 bridgehead atoms. The number of aliphatic carboxylic acids is 1. The van der Waals surface area contributed by atoms with E-state index in [1.54, 1.807) is 17.5 Å². The van der Waals surface area contributed by atoms with Gasteiger partial charge < -0.3 is 10.4 Å². The number of carboxylic acid groups (broad SMARTS) is 1. The molecule has 0 aliphatic heterocycles.